The molecule has 3 nitrogen and oxygen atoms in total. The smallest absolute Gasteiger partial charge is 0.0622 e. The van der Waals surface area contributed by atoms with Gasteiger partial charge in [0.2, 0.25) is 0 Å². The lowest BCUT2D eigenvalue weighted by atomic mass is 9.76. The predicted octanol–water partition coefficient (Wildman–Crippen LogP) is 2.00. The highest BCUT2D eigenvalue weighted by Gasteiger charge is 2.35. The van der Waals surface area contributed by atoms with Gasteiger partial charge in [0.1, 0.15) is 0 Å². The van der Waals surface area contributed by atoms with Crippen molar-refractivity contribution in [3.05, 3.63) is 0 Å². The Hall–Kier alpha value is -0.120. The number of nitrogens with zero attached hydrogens (tertiary/aromatic N) is 1. The second kappa shape index (κ2) is 5.68. The maximum atomic E-state index is 6.61. The Labute approximate surface area is 106 Å². The van der Waals surface area contributed by atoms with Crippen LogP contribution in [-0.2, 0) is 4.74 Å². The van der Waals surface area contributed by atoms with Gasteiger partial charge in [0.25, 0.3) is 0 Å². The normalized spacial score (nSPS) is 40.4. The topological polar surface area (TPSA) is 38.5 Å². The minimum Gasteiger partial charge on any atom is -0.378 e. The van der Waals surface area contributed by atoms with E-state index >= 15 is 0 Å². The summed E-state index contributed by atoms with van der Waals surface area (Å²) in [6.07, 6.45) is 6.23. The zero-order chi connectivity index (χ0) is 12.3. The summed E-state index contributed by atoms with van der Waals surface area (Å²) >= 11 is 0. The van der Waals surface area contributed by atoms with E-state index in [1.165, 1.54) is 32.1 Å². The molecule has 3 unspecified atom stereocenters. The van der Waals surface area contributed by atoms with Crippen LogP contribution in [0.1, 0.15) is 46.0 Å². The summed E-state index contributed by atoms with van der Waals surface area (Å²) < 4.78 is 5.56. The Morgan fingerprint density at radius 2 is 2.29 bits per heavy atom. The zero-order valence-electron chi connectivity index (χ0n) is 11.5. The molecule has 17 heavy (non-hydrogen) atoms. The van der Waals surface area contributed by atoms with Gasteiger partial charge < -0.3 is 10.5 Å². The van der Waals surface area contributed by atoms with Crippen LogP contribution in [0.2, 0.25) is 0 Å². The first-order valence-corrected chi connectivity index (χ1v) is 7.23. The Morgan fingerprint density at radius 1 is 1.47 bits per heavy atom. The van der Waals surface area contributed by atoms with Gasteiger partial charge in [-0.2, -0.15) is 0 Å². The van der Waals surface area contributed by atoms with Gasteiger partial charge in [-0.15, -0.1) is 0 Å². The molecular weight excluding hydrogens is 212 g/mol. The third kappa shape index (κ3) is 3.43. The van der Waals surface area contributed by atoms with Crippen molar-refractivity contribution < 1.29 is 4.74 Å². The van der Waals surface area contributed by atoms with E-state index in [1.54, 1.807) is 0 Å². The van der Waals surface area contributed by atoms with E-state index in [4.69, 9.17) is 10.5 Å². The average Bonchev–Trinajstić information content (AvgIpc) is 2.29. The average molecular weight is 240 g/mol. The first kappa shape index (κ1) is 13.3. The highest BCUT2D eigenvalue weighted by atomic mass is 16.5. The van der Waals surface area contributed by atoms with E-state index < -0.39 is 0 Å². The van der Waals surface area contributed by atoms with Crippen LogP contribution in [0.4, 0.5) is 0 Å². The lowest BCUT2D eigenvalue weighted by Crippen LogP contribution is -2.57. The predicted molar refractivity (Wildman–Crippen MR) is 71.0 cm³/mol. The maximum Gasteiger partial charge on any atom is 0.0622 e. The highest BCUT2D eigenvalue weighted by Crippen LogP contribution is 2.31. The summed E-state index contributed by atoms with van der Waals surface area (Å²) in [6.45, 7) is 8.49. The molecule has 1 saturated heterocycles. The molecule has 1 saturated carbocycles. The number of hydrogen-bond donors (Lipinski definition) is 1. The maximum absolute atomic E-state index is 6.61. The first-order chi connectivity index (χ1) is 8.13. The fraction of sp³-hybridized carbons (Fsp3) is 1.00. The van der Waals surface area contributed by atoms with Gasteiger partial charge in [0.15, 0.2) is 0 Å². The Bertz CT molecular complexity index is 246. The summed E-state index contributed by atoms with van der Waals surface area (Å²) in [5.74, 6) is 0.801. The molecule has 0 aromatic heterocycles. The van der Waals surface area contributed by atoms with Crippen LogP contribution in [-0.4, -0.2) is 42.8 Å². The Balaban J connectivity index is 1.93. The second-order valence-electron chi connectivity index (χ2n) is 6.17. The fourth-order valence-corrected chi connectivity index (χ4v) is 3.52. The van der Waals surface area contributed by atoms with Gasteiger partial charge in [-0.25, -0.2) is 0 Å². The Kier molecular flexibility index (Phi) is 4.45. The molecule has 0 spiro atoms. The molecule has 2 rings (SSSR count). The molecule has 1 aliphatic carbocycles. The lowest BCUT2D eigenvalue weighted by molar-refractivity contribution is -0.0228. The number of hydrogen-bond acceptors (Lipinski definition) is 3. The van der Waals surface area contributed by atoms with Gasteiger partial charge in [-0.1, -0.05) is 26.7 Å². The molecule has 1 aliphatic heterocycles. The van der Waals surface area contributed by atoms with E-state index in [2.05, 4.69) is 18.7 Å². The molecule has 0 bridgehead atoms. The third-order valence-corrected chi connectivity index (χ3v) is 4.47. The second-order valence-corrected chi connectivity index (χ2v) is 6.17. The summed E-state index contributed by atoms with van der Waals surface area (Å²) in [6, 6.07) is 0.585. The van der Waals surface area contributed by atoms with Crippen LogP contribution in [0.5, 0.6) is 0 Å². The van der Waals surface area contributed by atoms with Crippen molar-refractivity contribution in [2.24, 2.45) is 11.7 Å². The third-order valence-electron chi connectivity index (χ3n) is 4.47. The van der Waals surface area contributed by atoms with Crippen LogP contribution in [0.15, 0.2) is 0 Å². The van der Waals surface area contributed by atoms with E-state index in [9.17, 15) is 0 Å². The molecule has 2 fully saturated rings. The van der Waals surface area contributed by atoms with Gasteiger partial charge in [0.05, 0.1) is 13.2 Å². The SMILES string of the molecule is CCC1COCCN1CC1(N)CCCC(C)C1. The molecule has 1 heterocycles. The molecule has 100 valence electrons. The van der Waals surface area contributed by atoms with Crippen molar-refractivity contribution in [3.8, 4) is 0 Å². The van der Waals surface area contributed by atoms with E-state index in [-0.39, 0.29) is 5.54 Å². The molecule has 2 aliphatic rings. The van der Waals surface area contributed by atoms with Crippen molar-refractivity contribution >= 4 is 0 Å². The molecular formula is C14H28N2O. The standard InChI is InChI=1S/C14H28N2O/c1-3-13-10-17-8-7-16(13)11-14(15)6-4-5-12(2)9-14/h12-13H,3-11,15H2,1-2H3. The summed E-state index contributed by atoms with van der Waals surface area (Å²) in [5.41, 5.74) is 6.67. The number of rotatable bonds is 3. The first-order valence-electron chi connectivity index (χ1n) is 7.23. The minimum atomic E-state index is 0.0580. The van der Waals surface area contributed by atoms with Crippen LogP contribution in [0, 0.1) is 5.92 Å². The van der Waals surface area contributed by atoms with E-state index in [1.807, 2.05) is 0 Å². The summed E-state index contributed by atoms with van der Waals surface area (Å²) in [4.78, 5) is 2.57. The number of morpholine rings is 1. The number of nitrogens with two attached hydrogens (primary N) is 1. The summed E-state index contributed by atoms with van der Waals surface area (Å²) in [5, 5.41) is 0. The van der Waals surface area contributed by atoms with Crippen molar-refractivity contribution in [1.29, 1.82) is 0 Å². The molecule has 0 aromatic carbocycles. The largest absolute Gasteiger partial charge is 0.378 e. The Morgan fingerprint density at radius 3 is 3.00 bits per heavy atom. The summed E-state index contributed by atoms with van der Waals surface area (Å²) in [7, 11) is 0. The molecule has 0 amide bonds. The molecule has 2 N–H and O–H groups in total. The molecule has 3 atom stereocenters. The van der Waals surface area contributed by atoms with Crippen molar-refractivity contribution in [1.82, 2.24) is 4.90 Å². The van der Waals surface area contributed by atoms with Crippen LogP contribution < -0.4 is 5.73 Å². The number of ether oxygens (including phenoxy) is 1. The van der Waals surface area contributed by atoms with Crippen LogP contribution in [0.3, 0.4) is 0 Å². The quantitative estimate of drug-likeness (QED) is 0.820. The zero-order valence-corrected chi connectivity index (χ0v) is 11.5. The van der Waals surface area contributed by atoms with Crippen molar-refractivity contribution in [2.75, 3.05) is 26.3 Å². The molecule has 3 heteroatoms. The lowest BCUT2D eigenvalue weighted by Gasteiger charge is -2.44. The minimum absolute atomic E-state index is 0.0580. The van der Waals surface area contributed by atoms with Crippen molar-refractivity contribution in [3.63, 3.8) is 0 Å². The monoisotopic (exact) mass is 240 g/mol. The van der Waals surface area contributed by atoms with E-state index in [0.717, 1.165) is 32.2 Å². The molecule has 0 aromatic rings. The van der Waals surface area contributed by atoms with Gasteiger partial charge in [-0.05, 0) is 25.2 Å². The highest BCUT2D eigenvalue weighted by molar-refractivity contribution is 4.94. The fourth-order valence-electron chi connectivity index (χ4n) is 3.52. The van der Waals surface area contributed by atoms with Crippen molar-refractivity contribution in [2.45, 2.75) is 57.5 Å². The van der Waals surface area contributed by atoms with Gasteiger partial charge in [0, 0.05) is 24.7 Å². The van der Waals surface area contributed by atoms with Gasteiger partial charge >= 0.3 is 0 Å². The van der Waals surface area contributed by atoms with Gasteiger partial charge in [-0.3, -0.25) is 4.90 Å². The van der Waals surface area contributed by atoms with E-state index in [0.29, 0.717) is 6.04 Å². The molecule has 0 radical (unpaired) electrons. The van der Waals surface area contributed by atoms with Crippen LogP contribution in [0.25, 0.3) is 0 Å². The van der Waals surface area contributed by atoms with Crippen LogP contribution >= 0.6 is 0 Å².